The minimum absolute atomic E-state index is 0.215. The summed E-state index contributed by atoms with van der Waals surface area (Å²) in [6.45, 7) is 2.74. The highest BCUT2D eigenvalue weighted by molar-refractivity contribution is 6.38. The van der Waals surface area contributed by atoms with Crippen LogP contribution >= 0.6 is 23.2 Å². The van der Waals surface area contributed by atoms with E-state index in [4.69, 9.17) is 23.2 Å². The molecule has 1 N–H and O–H groups in total. The average Bonchev–Trinajstić information content (AvgIpc) is 3.12. The maximum Gasteiger partial charge on any atom is 0.306 e. The molecule has 1 aliphatic heterocycles. The molecule has 33 heavy (non-hydrogen) atoms. The second kappa shape index (κ2) is 9.09. The van der Waals surface area contributed by atoms with Gasteiger partial charge in [-0.1, -0.05) is 23.2 Å². The molecule has 1 saturated heterocycles. The Labute approximate surface area is 201 Å². The van der Waals surface area contributed by atoms with Crippen molar-refractivity contribution in [2.45, 2.75) is 26.2 Å². The van der Waals surface area contributed by atoms with Crippen LogP contribution in [-0.2, 0) is 18.3 Å². The Hall–Kier alpha value is -3.01. The average molecular weight is 484 g/mol. The van der Waals surface area contributed by atoms with Gasteiger partial charge >= 0.3 is 5.97 Å². The summed E-state index contributed by atoms with van der Waals surface area (Å²) in [6.07, 6.45) is 1.28. The van der Waals surface area contributed by atoms with Crippen LogP contribution in [0.5, 0.6) is 0 Å². The molecular weight excluding hydrogens is 461 g/mol. The number of halogens is 2. The van der Waals surface area contributed by atoms with Gasteiger partial charge in [0.15, 0.2) is 0 Å². The number of hydrogen-bond acceptors (Lipinski definition) is 3. The molecule has 2 heterocycles. The normalized spacial score (nSPS) is 14.5. The van der Waals surface area contributed by atoms with Gasteiger partial charge in [-0.25, -0.2) is 0 Å². The molecule has 1 aliphatic rings. The monoisotopic (exact) mass is 483 g/mol. The predicted molar refractivity (Wildman–Crippen MR) is 128 cm³/mol. The number of amides is 1. The Morgan fingerprint density at radius 3 is 2.52 bits per heavy atom. The van der Waals surface area contributed by atoms with E-state index in [1.807, 2.05) is 30.7 Å². The maximum atomic E-state index is 13.2. The number of benzene rings is 2. The fourth-order valence-electron chi connectivity index (χ4n) is 4.50. The molecule has 1 aromatic heterocycles. The maximum absolute atomic E-state index is 13.2. The number of hydrogen-bond donors (Lipinski definition) is 1. The molecule has 3 aromatic rings. The Kier molecular flexibility index (Phi) is 6.38. The molecule has 4 rings (SSSR count). The van der Waals surface area contributed by atoms with Crippen LogP contribution in [0, 0.1) is 24.2 Å². The van der Waals surface area contributed by atoms with Gasteiger partial charge in [0, 0.05) is 48.2 Å². The highest BCUT2D eigenvalue weighted by Gasteiger charge is 2.29. The summed E-state index contributed by atoms with van der Waals surface area (Å²) >= 11 is 13.2. The zero-order valence-corrected chi connectivity index (χ0v) is 19.9. The standard InChI is InChI=1S/C25H23Cl2N3O3/c1-14-9-15(13-28)10-22-19(14)11-17(29(22)2)12-20-21(26)4-3-18(23(20)27)24(31)30-7-5-16(6-8-30)25(32)33/h3-4,9-11,16H,5-8,12H2,1-2H3,(H,32,33). The first-order valence-corrected chi connectivity index (χ1v) is 11.4. The SMILES string of the molecule is Cc1cc(C#N)cc2c1cc(Cc1c(Cl)ccc(C(=O)N3CCC(C(=O)O)CC3)c1Cl)n2C. The summed E-state index contributed by atoms with van der Waals surface area (Å²) in [4.78, 5) is 26.0. The lowest BCUT2D eigenvalue weighted by molar-refractivity contribution is -0.143. The number of fused-ring (bicyclic) bond motifs is 1. The number of carbonyl (C=O) groups is 2. The van der Waals surface area contributed by atoms with Crippen molar-refractivity contribution in [2.24, 2.45) is 13.0 Å². The van der Waals surface area contributed by atoms with Crippen molar-refractivity contribution in [1.82, 2.24) is 9.47 Å². The smallest absolute Gasteiger partial charge is 0.306 e. The van der Waals surface area contributed by atoms with Crippen LogP contribution in [0.4, 0.5) is 0 Å². The van der Waals surface area contributed by atoms with E-state index in [1.54, 1.807) is 17.0 Å². The first-order chi connectivity index (χ1) is 15.7. The number of nitrogens with zero attached hydrogens (tertiary/aromatic N) is 3. The summed E-state index contributed by atoms with van der Waals surface area (Å²) in [5.74, 6) is -1.45. The van der Waals surface area contributed by atoms with Crippen LogP contribution < -0.4 is 0 Å². The van der Waals surface area contributed by atoms with E-state index in [9.17, 15) is 20.0 Å². The molecular formula is C25H23Cl2N3O3. The number of piperidine rings is 1. The van der Waals surface area contributed by atoms with Gasteiger partial charge in [-0.3, -0.25) is 9.59 Å². The van der Waals surface area contributed by atoms with Gasteiger partial charge in [0.05, 0.1) is 28.1 Å². The second-order valence-electron chi connectivity index (χ2n) is 8.50. The van der Waals surface area contributed by atoms with Crippen molar-refractivity contribution >= 4 is 46.0 Å². The first-order valence-electron chi connectivity index (χ1n) is 10.7. The molecule has 0 bridgehead atoms. The molecule has 0 radical (unpaired) electrons. The number of rotatable bonds is 4. The fourth-order valence-corrected chi connectivity index (χ4v) is 5.09. The van der Waals surface area contributed by atoms with Crippen molar-refractivity contribution in [3.8, 4) is 6.07 Å². The van der Waals surface area contributed by atoms with E-state index in [2.05, 4.69) is 12.1 Å². The highest BCUT2D eigenvalue weighted by atomic mass is 35.5. The van der Waals surface area contributed by atoms with Gasteiger partial charge in [0.2, 0.25) is 0 Å². The van der Waals surface area contributed by atoms with Crippen molar-refractivity contribution in [3.05, 3.63) is 68.3 Å². The topological polar surface area (TPSA) is 86.3 Å². The third-order valence-electron chi connectivity index (χ3n) is 6.50. The number of aliphatic carboxylic acids is 1. The number of aromatic nitrogens is 1. The summed E-state index contributed by atoms with van der Waals surface area (Å²) in [5, 5.41) is 20.3. The first kappa shape index (κ1) is 23.2. The van der Waals surface area contributed by atoms with Crippen LogP contribution in [0.25, 0.3) is 10.9 Å². The minimum Gasteiger partial charge on any atom is -0.481 e. The summed E-state index contributed by atoms with van der Waals surface area (Å²) in [7, 11) is 1.93. The van der Waals surface area contributed by atoms with Crippen LogP contribution in [-0.4, -0.2) is 39.5 Å². The second-order valence-corrected chi connectivity index (χ2v) is 9.29. The van der Waals surface area contributed by atoms with E-state index in [0.29, 0.717) is 59.1 Å². The lowest BCUT2D eigenvalue weighted by Gasteiger charge is -2.30. The third kappa shape index (κ3) is 4.31. The van der Waals surface area contributed by atoms with E-state index < -0.39 is 11.9 Å². The molecule has 8 heteroatoms. The molecule has 1 fully saturated rings. The molecule has 0 spiro atoms. The molecule has 0 saturated carbocycles. The number of carboxylic acid groups (broad SMARTS) is 1. The zero-order valence-electron chi connectivity index (χ0n) is 18.4. The van der Waals surface area contributed by atoms with Crippen molar-refractivity contribution < 1.29 is 14.7 Å². The molecule has 0 aliphatic carbocycles. The Bertz CT molecular complexity index is 1310. The Balaban J connectivity index is 1.65. The van der Waals surface area contributed by atoms with Gasteiger partial charge in [-0.05, 0) is 61.2 Å². The van der Waals surface area contributed by atoms with Gasteiger partial charge in [-0.15, -0.1) is 0 Å². The van der Waals surface area contributed by atoms with Crippen molar-refractivity contribution in [2.75, 3.05) is 13.1 Å². The lowest BCUT2D eigenvalue weighted by atomic mass is 9.96. The Morgan fingerprint density at radius 1 is 1.18 bits per heavy atom. The summed E-state index contributed by atoms with van der Waals surface area (Å²) in [6, 6.07) is 11.3. The highest BCUT2D eigenvalue weighted by Crippen LogP contribution is 2.33. The number of likely N-dealkylation sites (tertiary alicyclic amines) is 1. The quantitative estimate of drug-likeness (QED) is 0.552. The molecule has 1 amide bonds. The molecule has 2 aromatic carbocycles. The number of aryl methyl sites for hydroxylation is 2. The molecule has 0 unspecified atom stereocenters. The van der Waals surface area contributed by atoms with Gasteiger partial charge in [0.1, 0.15) is 0 Å². The van der Waals surface area contributed by atoms with Crippen LogP contribution in [0.15, 0.2) is 30.3 Å². The minimum atomic E-state index is -0.819. The zero-order chi connectivity index (χ0) is 23.9. The van der Waals surface area contributed by atoms with Crippen LogP contribution in [0.3, 0.4) is 0 Å². The van der Waals surface area contributed by atoms with E-state index in [-0.39, 0.29) is 5.91 Å². The van der Waals surface area contributed by atoms with Gasteiger partial charge in [-0.2, -0.15) is 5.26 Å². The molecule has 170 valence electrons. The largest absolute Gasteiger partial charge is 0.481 e. The van der Waals surface area contributed by atoms with E-state index in [1.165, 1.54) is 0 Å². The number of carbonyl (C=O) groups excluding carboxylic acids is 1. The predicted octanol–water partition coefficient (Wildman–Crippen LogP) is 5.19. The molecule has 6 nitrogen and oxygen atoms in total. The van der Waals surface area contributed by atoms with Gasteiger partial charge < -0.3 is 14.6 Å². The summed E-state index contributed by atoms with van der Waals surface area (Å²) < 4.78 is 2.01. The Morgan fingerprint density at radius 2 is 1.88 bits per heavy atom. The van der Waals surface area contributed by atoms with E-state index >= 15 is 0 Å². The van der Waals surface area contributed by atoms with Crippen LogP contribution in [0.1, 0.15) is 45.6 Å². The van der Waals surface area contributed by atoms with Crippen molar-refractivity contribution in [1.29, 1.82) is 5.26 Å². The van der Waals surface area contributed by atoms with Gasteiger partial charge in [0.25, 0.3) is 5.91 Å². The van der Waals surface area contributed by atoms with Crippen LogP contribution in [0.2, 0.25) is 10.0 Å². The third-order valence-corrected chi connectivity index (χ3v) is 7.29. The van der Waals surface area contributed by atoms with Crippen molar-refractivity contribution in [3.63, 3.8) is 0 Å². The molecule has 0 atom stereocenters. The van der Waals surface area contributed by atoms with E-state index in [0.717, 1.165) is 22.2 Å². The number of nitriles is 1. The fraction of sp³-hybridized carbons (Fsp3) is 0.320. The summed E-state index contributed by atoms with van der Waals surface area (Å²) in [5.41, 5.74) is 4.54. The lowest BCUT2D eigenvalue weighted by Crippen LogP contribution is -2.40. The number of carboxylic acids is 1.